The van der Waals surface area contributed by atoms with Crippen molar-refractivity contribution < 1.29 is 5.11 Å². The van der Waals surface area contributed by atoms with Crippen LogP contribution in [0.5, 0.6) is 0 Å². The van der Waals surface area contributed by atoms with Gasteiger partial charge in [0.25, 0.3) is 0 Å². The van der Waals surface area contributed by atoms with Gasteiger partial charge in [0.05, 0.1) is 6.67 Å². The van der Waals surface area contributed by atoms with Crippen molar-refractivity contribution in [3.63, 3.8) is 0 Å². The number of piperidine rings is 1. The van der Waals surface area contributed by atoms with Crippen LogP contribution in [0, 0.1) is 17.6 Å². The third kappa shape index (κ3) is 3.31. The molecule has 2 heterocycles. The smallest absolute Gasteiger partial charge is 0.198 e. The largest absolute Gasteiger partial charge is 0.388 e. The van der Waals surface area contributed by atoms with Gasteiger partial charge in [-0.3, -0.25) is 4.90 Å². The van der Waals surface area contributed by atoms with Crippen molar-refractivity contribution in [1.29, 1.82) is 0 Å². The predicted octanol–water partition coefficient (Wildman–Crippen LogP) is 3.18. The number of aryl methyl sites for hydroxylation is 1. The first-order valence-corrected chi connectivity index (χ1v) is 8.96. The molecule has 0 radical (unpaired) electrons. The summed E-state index contributed by atoms with van der Waals surface area (Å²) in [7, 11) is 1.85. The van der Waals surface area contributed by atoms with E-state index < -0.39 is 0 Å². The zero-order valence-corrected chi connectivity index (χ0v) is 15.5. The highest BCUT2D eigenvalue weighted by molar-refractivity contribution is 7.71. The zero-order valence-electron chi connectivity index (χ0n) is 14.6. The SMILES string of the molecule is Cc1ccc(C2C(C)CCCN2Cn2nc(CO)n(C)c2=S)cc1. The molecule has 2 atom stereocenters. The quantitative estimate of drug-likeness (QED) is 0.864. The lowest BCUT2D eigenvalue weighted by Crippen LogP contribution is -2.39. The van der Waals surface area contributed by atoms with Gasteiger partial charge in [-0.15, -0.1) is 0 Å². The molecule has 24 heavy (non-hydrogen) atoms. The number of aliphatic hydroxyl groups excluding tert-OH is 1. The molecule has 2 unspecified atom stereocenters. The van der Waals surface area contributed by atoms with E-state index in [4.69, 9.17) is 12.2 Å². The van der Waals surface area contributed by atoms with Gasteiger partial charge in [0.15, 0.2) is 10.6 Å². The number of nitrogens with zero attached hydrogens (tertiary/aromatic N) is 4. The van der Waals surface area contributed by atoms with Crippen LogP contribution in [0.1, 0.15) is 42.8 Å². The molecule has 6 heteroatoms. The maximum Gasteiger partial charge on any atom is 0.198 e. The van der Waals surface area contributed by atoms with Crippen LogP contribution in [0.25, 0.3) is 0 Å². The van der Waals surface area contributed by atoms with E-state index in [1.54, 1.807) is 4.57 Å². The Morgan fingerprint density at radius 2 is 2.00 bits per heavy atom. The first kappa shape index (κ1) is 17.3. The Morgan fingerprint density at radius 1 is 1.29 bits per heavy atom. The molecule has 0 saturated carbocycles. The van der Waals surface area contributed by atoms with E-state index in [9.17, 15) is 5.11 Å². The van der Waals surface area contributed by atoms with E-state index in [0.29, 0.717) is 29.2 Å². The van der Waals surface area contributed by atoms with Crippen LogP contribution in [-0.4, -0.2) is 30.9 Å². The lowest BCUT2D eigenvalue weighted by molar-refractivity contribution is 0.0640. The second-order valence-electron chi connectivity index (χ2n) is 6.84. The summed E-state index contributed by atoms with van der Waals surface area (Å²) in [6, 6.07) is 9.23. The first-order valence-electron chi connectivity index (χ1n) is 8.55. The molecule has 0 spiro atoms. The third-order valence-corrected chi connectivity index (χ3v) is 5.53. The van der Waals surface area contributed by atoms with Gasteiger partial charge in [-0.2, -0.15) is 5.10 Å². The molecule has 1 fully saturated rings. The summed E-state index contributed by atoms with van der Waals surface area (Å²) in [4.78, 5) is 2.46. The third-order valence-electron chi connectivity index (χ3n) is 5.04. The fourth-order valence-corrected chi connectivity index (χ4v) is 3.87. The van der Waals surface area contributed by atoms with Crippen molar-refractivity contribution >= 4 is 12.2 Å². The van der Waals surface area contributed by atoms with Crippen LogP contribution < -0.4 is 0 Å². The monoisotopic (exact) mass is 346 g/mol. The molecule has 1 aliphatic rings. The van der Waals surface area contributed by atoms with Crippen LogP contribution in [0.3, 0.4) is 0 Å². The van der Waals surface area contributed by atoms with Crippen LogP contribution in [0.4, 0.5) is 0 Å². The van der Waals surface area contributed by atoms with Crippen LogP contribution in [-0.2, 0) is 20.3 Å². The molecule has 1 aromatic heterocycles. The molecule has 1 aliphatic heterocycles. The average molecular weight is 346 g/mol. The molecular formula is C18H26N4OS. The Balaban J connectivity index is 1.89. The molecule has 5 nitrogen and oxygen atoms in total. The van der Waals surface area contributed by atoms with Gasteiger partial charge in [-0.05, 0) is 43.5 Å². The van der Waals surface area contributed by atoms with Crippen molar-refractivity contribution in [2.45, 2.75) is 46.0 Å². The predicted molar refractivity (Wildman–Crippen MR) is 97.0 cm³/mol. The highest BCUT2D eigenvalue weighted by atomic mass is 32.1. The average Bonchev–Trinajstić information content (AvgIpc) is 2.84. The van der Waals surface area contributed by atoms with Crippen molar-refractivity contribution in [1.82, 2.24) is 19.2 Å². The fraction of sp³-hybridized carbons (Fsp3) is 0.556. The summed E-state index contributed by atoms with van der Waals surface area (Å²) < 4.78 is 4.27. The van der Waals surface area contributed by atoms with E-state index in [-0.39, 0.29) is 6.61 Å². The molecular weight excluding hydrogens is 320 g/mol. The lowest BCUT2D eigenvalue weighted by Gasteiger charge is -2.40. The number of benzene rings is 1. The summed E-state index contributed by atoms with van der Waals surface area (Å²) in [6.07, 6.45) is 2.43. The number of likely N-dealkylation sites (tertiary alicyclic amines) is 1. The summed E-state index contributed by atoms with van der Waals surface area (Å²) in [5.41, 5.74) is 2.64. The molecule has 1 saturated heterocycles. The number of aliphatic hydroxyl groups is 1. The van der Waals surface area contributed by atoms with Crippen LogP contribution >= 0.6 is 12.2 Å². The van der Waals surface area contributed by atoms with Crippen molar-refractivity contribution in [2.75, 3.05) is 6.54 Å². The topological polar surface area (TPSA) is 46.2 Å². The molecule has 1 aromatic carbocycles. The Hall–Kier alpha value is -1.50. The second kappa shape index (κ2) is 7.17. The van der Waals surface area contributed by atoms with Gasteiger partial charge in [0.1, 0.15) is 6.61 Å². The van der Waals surface area contributed by atoms with E-state index in [1.165, 1.54) is 24.0 Å². The number of rotatable bonds is 4. The van der Waals surface area contributed by atoms with Gasteiger partial charge in [0, 0.05) is 19.6 Å². The van der Waals surface area contributed by atoms with Crippen molar-refractivity contribution in [3.05, 3.63) is 46.0 Å². The minimum absolute atomic E-state index is 0.0923. The standard InChI is InChI=1S/C18H26N4OS/c1-13-6-8-15(9-7-13)17-14(2)5-4-10-21(17)12-22-18(24)20(3)16(11-23)19-22/h6-9,14,17,23H,4-5,10-12H2,1-3H3. The molecule has 3 rings (SSSR count). The van der Waals surface area contributed by atoms with Gasteiger partial charge >= 0.3 is 0 Å². The highest BCUT2D eigenvalue weighted by Gasteiger charge is 2.30. The molecule has 1 N–H and O–H groups in total. The maximum atomic E-state index is 9.40. The molecule has 2 aromatic rings. The zero-order chi connectivity index (χ0) is 17.3. The van der Waals surface area contributed by atoms with E-state index in [2.05, 4.69) is 48.1 Å². The minimum Gasteiger partial charge on any atom is -0.388 e. The lowest BCUT2D eigenvalue weighted by atomic mass is 9.86. The van der Waals surface area contributed by atoms with Crippen LogP contribution in [0.15, 0.2) is 24.3 Å². The number of aromatic nitrogens is 3. The summed E-state index contributed by atoms with van der Waals surface area (Å²) in [6.45, 7) is 6.05. The summed E-state index contributed by atoms with van der Waals surface area (Å²) in [5, 5.41) is 13.9. The first-order chi connectivity index (χ1) is 11.5. The van der Waals surface area contributed by atoms with E-state index >= 15 is 0 Å². The maximum absolute atomic E-state index is 9.40. The highest BCUT2D eigenvalue weighted by Crippen LogP contribution is 2.36. The molecule has 0 bridgehead atoms. The van der Waals surface area contributed by atoms with Gasteiger partial charge < -0.3 is 9.67 Å². The molecule has 0 amide bonds. The van der Waals surface area contributed by atoms with Gasteiger partial charge in [-0.1, -0.05) is 36.8 Å². The fourth-order valence-electron chi connectivity index (χ4n) is 3.67. The Kier molecular flexibility index (Phi) is 5.18. The second-order valence-corrected chi connectivity index (χ2v) is 7.21. The number of hydrogen-bond donors (Lipinski definition) is 1. The normalized spacial score (nSPS) is 22.0. The minimum atomic E-state index is -0.0923. The Labute approximate surface area is 148 Å². The van der Waals surface area contributed by atoms with Gasteiger partial charge in [-0.25, -0.2) is 4.68 Å². The Morgan fingerprint density at radius 3 is 2.62 bits per heavy atom. The van der Waals surface area contributed by atoms with Gasteiger partial charge in [0.2, 0.25) is 0 Å². The Bertz CT molecular complexity index is 749. The van der Waals surface area contributed by atoms with Crippen molar-refractivity contribution in [2.24, 2.45) is 13.0 Å². The summed E-state index contributed by atoms with van der Waals surface area (Å²) >= 11 is 5.48. The number of hydrogen-bond acceptors (Lipinski definition) is 4. The molecule has 0 aliphatic carbocycles. The van der Waals surface area contributed by atoms with Crippen molar-refractivity contribution in [3.8, 4) is 0 Å². The summed E-state index contributed by atoms with van der Waals surface area (Å²) in [5.74, 6) is 1.20. The van der Waals surface area contributed by atoms with E-state index in [0.717, 1.165) is 6.54 Å². The van der Waals surface area contributed by atoms with Crippen LogP contribution in [0.2, 0.25) is 0 Å². The van der Waals surface area contributed by atoms with E-state index in [1.807, 2.05) is 11.7 Å². The molecule has 130 valence electrons.